The van der Waals surface area contributed by atoms with Crippen LogP contribution in [0, 0.1) is 5.82 Å². The molecule has 3 nitrogen and oxygen atoms in total. The van der Waals surface area contributed by atoms with Crippen molar-refractivity contribution in [3.8, 4) is 5.75 Å². The van der Waals surface area contributed by atoms with Crippen LogP contribution in [-0.2, 0) is 6.42 Å². The van der Waals surface area contributed by atoms with Crippen molar-refractivity contribution in [3.63, 3.8) is 0 Å². The van der Waals surface area contributed by atoms with Crippen molar-refractivity contribution in [2.75, 3.05) is 20.6 Å². The highest BCUT2D eigenvalue weighted by molar-refractivity contribution is 5.90. The first kappa shape index (κ1) is 12.5. The number of fused-ring (bicyclic) bond motifs is 1. The van der Waals surface area contributed by atoms with Crippen molar-refractivity contribution in [3.05, 3.63) is 29.7 Å². The van der Waals surface area contributed by atoms with E-state index in [0.29, 0.717) is 6.04 Å². The molecule has 0 spiro atoms. The molecule has 0 bridgehead atoms. The molecule has 0 amide bonds. The highest BCUT2D eigenvalue weighted by atomic mass is 19.1. The maximum absolute atomic E-state index is 13.5. The normalized spacial score (nSPS) is 15.6. The number of aromatic hydroxyl groups is 1. The maximum atomic E-state index is 13.5. The molecule has 0 radical (unpaired) electrons. The second-order valence-electron chi connectivity index (χ2n) is 5.67. The number of hydrogen-bond acceptors (Lipinski definition) is 2. The first-order valence-electron chi connectivity index (χ1n) is 6.73. The molecular formula is C15H19FN2O. The molecule has 2 aromatic rings. The number of halogens is 1. The highest BCUT2D eigenvalue weighted by Crippen LogP contribution is 2.41. The summed E-state index contributed by atoms with van der Waals surface area (Å²) in [4.78, 5) is 2.11. The number of phenolic OH excluding ortho intramolecular Hbond substituents is 1. The Balaban J connectivity index is 2.10. The van der Waals surface area contributed by atoms with Crippen molar-refractivity contribution >= 4 is 10.9 Å². The van der Waals surface area contributed by atoms with E-state index in [2.05, 4.69) is 15.7 Å². The Morgan fingerprint density at radius 1 is 1.37 bits per heavy atom. The zero-order valence-electron chi connectivity index (χ0n) is 11.4. The minimum absolute atomic E-state index is 0.0585. The van der Waals surface area contributed by atoms with Gasteiger partial charge in [0, 0.05) is 30.2 Å². The van der Waals surface area contributed by atoms with E-state index in [0.717, 1.165) is 42.3 Å². The SMILES string of the molecule is CN(C)CCc1cn(C2CC2)c2cc(F)cc(O)c12. The maximum Gasteiger partial charge on any atom is 0.129 e. The zero-order valence-corrected chi connectivity index (χ0v) is 11.4. The van der Waals surface area contributed by atoms with E-state index < -0.39 is 0 Å². The zero-order chi connectivity index (χ0) is 13.6. The third kappa shape index (κ3) is 2.32. The largest absolute Gasteiger partial charge is 0.507 e. The summed E-state index contributed by atoms with van der Waals surface area (Å²) in [5.74, 6) is -0.313. The van der Waals surface area contributed by atoms with Gasteiger partial charge in [0.2, 0.25) is 0 Å². The average molecular weight is 262 g/mol. The Morgan fingerprint density at radius 3 is 2.74 bits per heavy atom. The Kier molecular flexibility index (Phi) is 2.97. The number of benzene rings is 1. The van der Waals surface area contributed by atoms with E-state index in [4.69, 9.17) is 0 Å². The number of nitrogens with zero attached hydrogens (tertiary/aromatic N) is 2. The van der Waals surface area contributed by atoms with Gasteiger partial charge in [-0.25, -0.2) is 4.39 Å². The van der Waals surface area contributed by atoms with Crippen LogP contribution in [0.4, 0.5) is 4.39 Å². The monoisotopic (exact) mass is 262 g/mol. The minimum atomic E-state index is -0.371. The van der Waals surface area contributed by atoms with E-state index in [1.165, 1.54) is 12.1 Å². The van der Waals surface area contributed by atoms with Crippen molar-refractivity contribution in [2.45, 2.75) is 25.3 Å². The van der Waals surface area contributed by atoms with Crippen LogP contribution >= 0.6 is 0 Å². The lowest BCUT2D eigenvalue weighted by Gasteiger charge is -2.08. The Morgan fingerprint density at radius 2 is 2.11 bits per heavy atom. The molecule has 3 rings (SSSR count). The van der Waals surface area contributed by atoms with E-state index in [1.807, 2.05) is 14.1 Å². The van der Waals surface area contributed by atoms with Crippen LogP contribution in [0.25, 0.3) is 10.9 Å². The van der Waals surface area contributed by atoms with Crippen LogP contribution in [0.15, 0.2) is 18.3 Å². The first-order chi connectivity index (χ1) is 9.06. The van der Waals surface area contributed by atoms with Gasteiger partial charge in [0.05, 0.1) is 5.52 Å². The third-order valence-electron chi connectivity index (χ3n) is 3.72. The Bertz CT molecular complexity index is 614. The fourth-order valence-electron chi connectivity index (χ4n) is 2.60. The van der Waals surface area contributed by atoms with Gasteiger partial charge in [0.25, 0.3) is 0 Å². The van der Waals surface area contributed by atoms with Gasteiger partial charge in [-0.3, -0.25) is 0 Å². The van der Waals surface area contributed by atoms with Crippen molar-refractivity contribution < 1.29 is 9.50 Å². The molecule has 1 fully saturated rings. The number of rotatable bonds is 4. The van der Waals surface area contributed by atoms with Gasteiger partial charge in [0.15, 0.2) is 0 Å². The smallest absolute Gasteiger partial charge is 0.129 e. The molecule has 0 atom stereocenters. The lowest BCUT2D eigenvalue weighted by molar-refractivity contribution is 0.413. The fourth-order valence-corrected chi connectivity index (χ4v) is 2.60. The molecule has 1 N–H and O–H groups in total. The van der Waals surface area contributed by atoms with Crippen molar-refractivity contribution in [1.29, 1.82) is 0 Å². The molecule has 0 aliphatic heterocycles. The summed E-state index contributed by atoms with van der Waals surface area (Å²) in [6, 6.07) is 3.22. The van der Waals surface area contributed by atoms with E-state index in [-0.39, 0.29) is 11.6 Å². The second-order valence-corrected chi connectivity index (χ2v) is 5.67. The van der Waals surface area contributed by atoms with E-state index in [9.17, 15) is 9.50 Å². The predicted molar refractivity (Wildman–Crippen MR) is 74.1 cm³/mol. The Labute approximate surface area is 112 Å². The van der Waals surface area contributed by atoms with Crippen LogP contribution < -0.4 is 0 Å². The summed E-state index contributed by atoms with van der Waals surface area (Å²) < 4.78 is 15.6. The molecule has 102 valence electrons. The van der Waals surface area contributed by atoms with E-state index >= 15 is 0 Å². The number of phenols is 1. The van der Waals surface area contributed by atoms with Crippen molar-refractivity contribution in [2.24, 2.45) is 0 Å². The first-order valence-corrected chi connectivity index (χ1v) is 6.73. The van der Waals surface area contributed by atoms with Gasteiger partial charge < -0.3 is 14.6 Å². The van der Waals surface area contributed by atoms with Gasteiger partial charge in [-0.2, -0.15) is 0 Å². The summed E-state index contributed by atoms with van der Waals surface area (Å²) in [5, 5.41) is 10.9. The molecule has 1 saturated carbocycles. The molecule has 19 heavy (non-hydrogen) atoms. The minimum Gasteiger partial charge on any atom is -0.507 e. The number of aromatic nitrogens is 1. The lowest BCUT2D eigenvalue weighted by atomic mass is 10.1. The average Bonchev–Trinajstić information content (AvgIpc) is 3.09. The molecule has 0 saturated heterocycles. The van der Waals surface area contributed by atoms with Crippen LogP contribution in [-0.4, -0.2) is 35.2 Å². The van der Waals surface area contributed by atoms with Gasteiger partial charge in [-0.1, -0.05) is 0 Å². The fraction of sp³-hybridized carbons (Fsp3) is 0.467. The van der Waals surface area contributed by atoms with Gasteiger partial charge >= 0.3 is 0 Å². The van der Waals surface area contributed by atoms with E-state index in [1.54, 1.807) is 0 Å². The molecule has 1 aromatic carbocycles. The van der Waals surface area contributed by atoms with Crippen LogP contribution in [0.3, 0.4) is 0 Å². The lowest BCUT2D eigenvalue weighted by Crippen LogP contribution is -2.14. The quantitative estimate of drug-likeness (QED) is 0.917. The van der Waals surface area contributed by atoms with Gasteiger partial charge in [-0.05, 0) is 45.0 Å². The molecule has 1 heterocycles. The van der Waals surface area contributed by atoms with Crippen LogP contribution in [0.2, 0.25) is 0 Å². The van der Waals surface area contributed by atoms with Crippen LogP contribution in [0.5, 0.6) is 5.75 Å². The summed E-state index contributed by atoms with van der Waals surface area (Å²) in [7, 11) is 4.05. The summed E-state index contributed by atoms with van der Waals surface area (Å²) in [5.41, 5.74) is 1.93. The molecule has 1 aromatic heterocycles. The standard InChI is InChI=1S/C15H19FN2O/c1-17(2)6-5-10-9-18(12-3-4-12)13-7-11(16)8-14(19)15(10)13/h7-9,12,19H,3-6H2,1-2H3. The number of likely N-dealkylation sites (N-methyl/N-ethyl adjacent to an activating group) is 1. The summed E-state index contributed by atoms with van der Waals surface area (Å²) in [6.45, 7) is 0.917. The van der Waals surface area contributed by atoms with Gasteiger partial charge in [0.1, 0.15) is 11.6 Å². The predicted octanol–water partition coefficient (Wildman–Crippen LogP) is 2.93. The summed E-state index contributed by atoms with van der Waals surface area (Å²) >= 11 is 0. The Hall–Kier alpha value is -1.55. The number of hydrogen-bond donors (Lipinski definition) is 1. The molecule has 0 unspecified atom stereocenters. The third-order valence-corrected chi connectivity index (χ3v) is 3.72. The topological polar surface area (TPSA) is 28.4 Å². The highest BCUT2D eigenvalue weighted by Gasteiger charge is 2.26. The second kappa shape index (κ2) is 4.53. The summed E-state index contributed by atoms with van der Waals surface area (Å²) in [6.07, 6.45) is 5.25. The molecule has 1 aliphatic carbocycles. The molecular weight excluding hydrogens is 243 g/mol. The van der Waals surface area contributed by atoms with Crippen LogP contribution in [0.1, 0.15) is 24.4 Å². The molecule has 1 aliphatic rings. The van der Waals surface area contributed by atoms with Crippen molar-refractivity contribution in [1.82, 2.24) is 9.47 Å². The molecule has 4 heteroatoms. The van der Waals surface area contributed by atoms with Gasteiger partial charge in [-0.15, -0.1) is 0 Å².